The lowest BCUT2D eigenvalue weighted by Gasteiger charge is -2.12. The molecule has 0 radical (unpaired) electrons. The number of ether oxygens (including phenoxy) is 1. The smallest absolute Gasteiger partial charge is 0.293 e. The minimum Gasteiger partial charge on any atom is -0.385 e. The molecule has 7 nitrogen and oxygen atoms in total. The van der Waals surface area contributed by atoms with Crippen LogP contribution in [0, 0.1) is 0 Å². The zero-order chi connectivity index (χ0) is 25.5. The number of methoxy groups -OCH3 is 1. The Morgan fingerprint density at radius 3 is 2.72 bits per heavy atom. The summed E-state index contributed by atoms with van der Waals surface area (Å²) in [5.41, 5.74) is 2.84. The zero-order valence-corrected chi connectivity index (χ0v) is 22.4. The average molecular weight is 571 g/mol. The molecular weight excluding hydrogens is 542 g/mol. The van der Waals surface area contributed by atoms with Gasteiger partial charge in [-0.3, -0.25) is 19.3 Å². The van der Waals surface area contributed by atoms with E-state index in [1.807, 2.05) is 59.3 Å². The molecule has 0 saturated carbocycles. The van der Waals surface area contributed by atoms with Crippen molar-refractivity contribution in [2.24, 2.45) is 0 Å². The van der Waals surface area contributed by atoms with E-state index in [9.17, 15) is 14.4 Å². The third-order valence-electron chi connectivity index (χ3n) is 5.89. The molecule has 2 aromatic carbocycles. The first kappa shape index (κ1) is 26.2. The lowest BCUT2D eigenvalue weighted by molar-refractivity contribution is -0.123. The summed E-state index contributed by atoms with van der Waals surface area (Å²) in [6.45, 7) is 1.67. The number of halogens is 1. The van der Waals surface area contributed by atoms with Crippen LogP contribution in [0.25, 0.3) is 17.0 Å². The highest BCUT2D eigenvalue weighted by Gasteiger charge is 2.34. The predicted molar refractivity (Wildman–Crippen MR) is 147 cm³/mol. The molecule has 1 saturated heterocycles. The van der Waals surface area contributed by atoms with E-state index in [0.717, 1.165) is 45.5 Å². The second-order valence-corrected chi connectivity index (χ2v) is 10.4. The van der Waals surface area contributed by atoms with Gasteiger partial charge in [0.05, 0.1) is 4.91 Å². The molecule has 9 heteroatoms. The van der Waals surface area contributed by atoms with E-state index in [2.05, 4.69) is 21.2 Å². The van der Waals surface area contributed by atoms with Gasteiger partial charge in [0.15, 0.2) is 0 Å². The number of benzene rings is 2. The quantitative estimate of drug-likeness (QED) is 0.253. The van der Waals surface area contributed by atoms with Gasteiger partial charge in [-0.2, -0.15) is 0 Å². The van der Waals surface area contributed by atoms with Crippen molar-refractivity contribution in [3.05, 3.63) is 75.2 Å². The predicted octanol–water partition coefficient (Wildman–Crippen LogP) is 5.23. The van der Waals surface area contributed by atoms with Crippen molar-refractivity contribution in [3.8, 4) is 0 Å². The fourth-order valence-electron chi connectivity index (χ4n) is 4.12. The Balaban J connectivity index is 1.49. The second kappa shape index (κ2) is 12.4. The van der Waals surface area contributed by atoms with Crippen molar-refractivity contribution < 1.29 is 19.1 Å². The maximum atomic E-state index is 13.0. The van der Waals surface area contributed by atoms with Gasteiger partial charge in [0.2, 0.25) is 5.91 Å². The molecular formula is C27H28BrN3O4S. The minimum atomic E-state index is -0.273. The number of hydrogen-bond acceptors (Lipinski definition) is 5. The molecule has 0 aliphatic carbocycles. The lowest BCUT2D eigenvalue weighted by Crippen LogP contribution is -2.29. The van der Waals surface area contributed by atoms with Gasteiger partial charge in [0.1, 0.15) is 6.54 Å². The Morgan fingerprint density at radius 1 is 1.14 bits per heavy atom. The van der Waals surface area contributed by atoms with Crippen molar-refractivity contribution in [2.75, 3.05) is 26.8 Å². The molecule has 0 atom stereocenters. The first-order valence-corrected chi connectivity index (χ1v) is 13.4. The van der Waals surface area contributed by atoms with E-state index in [4.69, 9.17) is 4.74 Å². The monoisotopic (exact) mass is 569 g/mol. The number of nitrogens with zero attached hydrogens (tertiary/aromatic N) is 2. The minimum absolute atomic E-state index is 0.101. The van der Waals surface area contributed by atoms with Gasteiger partial charge in [-0.25, -0.2) is 0 Å². The highest BCUT2D eigenvalue weighted by molar-refractivity contribution is 9.10. The van der Waals surface area contributed by atoms with Gasteiger partial charge in [-0.1, -0.05) is 46.3 Å². The summed E-state index contributed by atoms with van der Waals surface area (Å²) in [4.78, 5) is 39.8. The van der Waals surface area contributed by atoms with Crippen LogP contribution in [0.15, 0.2) is 64.1 Å². The van der Waals surface area contributed by atoms with E-state index in [0.29, 0.717) is 31.0 Å². The van der Waals surface area contributed by atoms with Crippen LogP contribution in [-0.2, 0) is 27.3 Å². The highest BCUT2D eigenvalue weighted by Crippen LogP contribution is 2.35. The number of carbonyl (C=O) groups is 3. The second-order valence-electron chi connectivity index (χ2n) is 8.49. The topological polar surface area (TPSA) is 80.6 Å². The van der Waals surface area contributed by atoms with Gasteiger partial charge in [-0.05, 0) is 60.9 Å². The molecule has 3 aromatic rings. The van der Waals surface area contributed by atoms with E-state index < -0.39 is 0 Å². The molecule has 3 amide bonds. The van der Waals surface area contributed by atoms with Crippen molar-refractivity contribution in [2.45, 2.75) is 25.8 Å². The normalized spacial score (nSPS) is 14.8. The first-order chi connectivity index (χ1) is 17.5. The summed E-state index contributed by atoms with van der Waals surface area (Å²) in [6, 6.07) is 15.8. The molecule has 0 unspecified atom stereocenters. The Bertz CT molecular complexity index is 1290. The van der Waals surface area contributed by atoms with Gasteiger partial charge in [0, 0.05) is 53.9 Å². The summed E-state index contributed by atoms with van der Waals surface area (Å²) in [5, 5.41) is 3.55. The molecule has 1 fully saturated rings. The molecule has 1 aliphatic heterocycles. The van der Waals surface area contributed by atoms with Gasteiger partial charge >= 0.3 is 0 Å². The Kier molecular flexibility index (Phi) is 9.01. The maximum absolute atomic E-state index is 13.0. The molecule has 1 N–H and O–H groups in total. The SMILES string of the molecule is COCCCNC(=O)Cn1cc(/C=C2\SC(=O)N(CCCc3ccccc3)C2=O)c2cc(Br)ccc21. The van der Waals surface area contributed by atoms with E-state index in [1.54, 1.807) is 13.2 Å². The summed E-state index contributed by atoms with van der Waals surface area (Å²) in [6.07, 6.45) is 5.87. The highest BCUT2D eigenvalue weighted by atomic mass is 79.9. The molecule has 0 spiro atoms. The van der Waals surface area contributed by atoms with Crippen molar-refractivity contribution >= 4 is 61.7 Å². The van der Waals surface area contributed by atoms with Crippen molar-refractivity contribution in [1.82, 2.24) is 14.8 Å². The van der Waals surface area contributed by atoms with E-state index in [-0.39, 0.29) is 23.6 Å². The van der Waals surface area contributed by atoms with Crippen LogP contribution < -0.4 is 5.32 Å². The molecule has 2 heterocycles. The summed E-state index contributed by atoms with van der Waals surface area (Å²) >= 11 is 4.47. The summed E-state index contributed by atoms with van der Waals surface area (Å²) in [7, 11) is 1.63. The van der Waals surface area contributed by atoms with Crippen LogP contribution in [-0.4, -0.2) is 53.3 Å². The van der Waals surface area contributed by atoms with Crippen molar-refractivity contribution in [3.63, 3.8) is 0 Å². The number of amides is 3. The molecule has 36 heavy (non-hydrogen) atoms. The first-order valence-electron chi connectivity index (χ1n) is 11.8. The molecule has 188 valence electrons. The van der Waals surface area contributed by atoms with Gasteiger partial charge in [-0.15, -0.1) is 0 Å². The largest absolute Gasteiger partial charge is 0.385 e. The summed E-state index contributed by atoms with van der Waals surface area (Å²) in [5.74, 6) is -0.374. The number of aromatic nitrogens is 1. The van der Waals surface area contributed by atoms with Crippen LogP contribution in [0.2, 0.25) is 0 Å². The number of aryl methyl sites for hydroxylation is 1. The lowest BCUT2D eigenvalue weighted by atomic mass is 10.1. The van der Waals surface area contributed by atoms with Crippen molar-refractivity contribution in [1.29, 1.82) is 0 Å². The fraction of sp³-hybridized carbons (Fsp3) is 0.296. The third-order valence-corrected chi connectivity index (χ3v) is 7.29. The number of hydrogen-bond donors (Lipinski definition) is 1. The number of imide groups is 1. The molecule has 1 aliphatic rings. The van der Waals surface area contributed by atoms with Crippen LogP contribution in [0.1, 0.15) is 24.0 Å². The third kappa shape index (κ3) is 6.46. The van der Waals surface area contributed by atoms with Crippen LogP contribution in [0.4, 0.5) is 4.79 Å². The summed E-state index contributed by atoms with van der Waals surface area (Å²) < 4.78 is 7.77. The fourth-order valence-corrected chi connectivity index (χ4v) is 5.33. The Morgan fingerprint density at radius 2 is 1.94 bits per heavy atom. The number of thioether (sulfide) groups is 1. The van der Waals surface area contributed by atoms with E-state index >= 15 is 0 Å². The Hall–Kier alpha value is -2.88. The number of nitrogens with one attached hydrogen (secondary N) is 1. The maximum Gasteiger partial charge on any atom is 0.293 e. The molecule has 0 bridgehead atoms. The average Bonchev–Trinajstić information content (AvgIpc) is 3.33. The number of carbonyl (C=O) groups excluding carboxylic acids is 3. The van der Waals surface area contributed by atoms with Gasteiger partial charge in [0.25, 0.3) is 11.1 Å². The van der Waals surface area contributed by atoms with Crippen LogP contribution in [0.3, 0.4) is 0 Å². The Labute approximate surface area is 223 Å². The molecule has 4 rings (SSSR count). The van der Waals surface area contributed by atoms with Crippen LogP contribution in [0.5, 0.6) is 0 Å². The number of rotatable bonds is 11. The van der Waals surface area contributed by atoms with Gasteiger partial charge < -0.3 is 14.6 Å². The number of fused-ring (bicyclic) bond motifs is 1. The van der Waals surface area contributed by atoms with Crippen LogP contribution >= 0.6 is 27.7 Å². The van der Waals surface area contributed by atoms with E-state index in [1.165, 1.54) is 10.5 Å². The molecule has 1 aromatic heterocycles. The zero-order valence-electron chi connectivity index (χ0n) is 20.0. The standard InChI is InChI=1S/C27H28BrN3O4S/c1-35-14-6-12-29-25(32)18-30-17-20(22-16-21(28)10-11-23(22)30)15-24-26(33)31(27(34)36-24)13-5-9-19-7-3-2-4-8-19/h2-4,7-8,10-11,15-17H,5-6,9,12-14,18H2,1H3,(H,29,32)/b24-15-.